The highest BCUT2D eigenvalue weighted by Crippen LogP contribution is 2.38. The highest BCUT2D eigenvalue weighted by atomic mass is 16.5. The van der Waals surface area contributed by atoms with Gasteiger partial charge in [-0.05, 0) is 62.4 Å². The summed E-state index contributed by atoms with van der Waals surface area (Å²) < 4.78 is 5.24. The lowest BCUT2D eigenvalue weighted by Crippen LogP contribution is -2.56. The number of hydrogen-bond acceptors (Lipinski definition) is 5. The average Bonchev–Trinajstić information content (AvgIpc) is 3.00. The minimum Gasteiger partial charge on any atom is -0.497 e. The second-order valence-electron chi connectivity index (χ2n) is 8.97. The van der Waals surface area contributed by atoms with Gasteiger partial charge in [0.1, 0.15) is 11.3 Å². The summed E-state index contributed by atoms with van der Waals surface area (Å²) >= 11 is 0. The number of aromatic nitrogens is 1. The minimum absolute atomic E-state index is 0.0340. The summed E-state index contributed by atoms with van der Waals surface area (Å²) in [6, 6.07) is 11.6. The first-order chi connectivity index (χ1) is 15.4. The third kappa shape index (κ3) is 4.21. The van der Waals surface area contributed by atoms with Gasteiger partial charge in [0.25, 0.3) is 5.91 Å². The molecule has 0 atom stereocenters. The van der Waals surface area contributed by atoms with Gasteiger partial charge in [-0.2, -0.15) is 0 Å². The average molecular weight is 437 g/mol. The Bertz CT molecular complexity index is 937. The third-order valence-corrected chi connectivity index (χ3v) is 6.68. The molecule has 2 saturated heterocycles. The smallest absolute Gasteiger partial charge is 0.327 e. The molecule has 2 fully saturated rings. The Morgan fingerprint density at radius 3 is 2.38 bits per heavy atom. The van der Waals surface area contributed by atoms with Crippen molar-refractivity contribution in [1.29, 1.82) is 0 Å². The number of rotatable bonds is 7. The number of carbonyl (C=O) groups is 2. The number of ether oxygens (including phenoxy) is 1. The van der Waals surface area contributed by atoms with Gasteiger partial charge in [0.15, 0.2) is 0 Å². The molecule has 0 unspecified atom stereocenters. The van der Waals surface area contributed by atoms with Crippen molar-refractivity contribution in [3.63, 3.8) is 0 Å². The fraction of sp³-hybridized carbons (Fsp3) is 0.480. The Labute approximate surface area is 190 Å². The van der Waals surface area contributed by atoms with E-state index in [0.717, 1.165) is 36.5 Å². The summed E-state index contributed by atoms with van der Waals surface area (Å²) in [7, 11) is 1.65. The molecule has 0 bridgehead atoms. The first-order valence-corrected chi connectivity index (χ1v) is 11.3. The summed E-state index contributed by atoms with van der Waals surface area (Å²) in [6.45, 7) is 6.72. The van der Waals surface area contributed by atoms with E-state index in [2.05, 4.69) is 16.0 Å². The van der Waals surface area contributed by atoms with Crippen LogP contribution in [-0.2, 0) is 17.8 Å². The standard InChI is InChI=1S/C25H32N4O3/c1-19(2)29-23(30)25(11-15-27(16-12-25)18-21-5-4-13-26-17-21)28(24(29)31)14-10-20-6-8-22(32-3)9-7-20/h4-9,13,17,19H,10-12,14-16,18H2,1-3H3. The van der Waals surface area contributed by atoms with E-state index in [1.165, 1.54) is 4.90 Å². The number of likely N-dealkylation sites (tertiary alicyclic amines) is 1. The zero-order valence-electron chi connectivity index (χ0n) is 19.2. The maximum absolute atomic E-state index is 13.5. The molecule has 0 aliphatic carbocycles. The predicted molar refractivity (Wildman–Crippen MR) is 122 cm³/mol. The molecular weight excluding hydrogens is 404 g/mol. The van der Waals surface area contributed by atoms with Gasteiger partial charge >= 0.3 is 6.03 Å². The summed E-state index contributed by atoms with van der Waals surface area (Å²) in [6.07, 6.45) is 5.68. The fourth-order valence-corrected chi connectivity index (χ4v) is 4.85. The van der Waals surface area contributed by atoms with Crippen LogP contribution in [0.15, 0.2) is 48.8 Å². The fourth-order valence-electron chi connectivity index (χ4n) is 4.85. The molecule has 0 N–H and O–H groups in total. The maximum Gasteiger partial charge on any atom is 0.327 e. The monoisotopic (exact) mass is 436 g/mol. The second kappa shape index (κ2) is 9.28. The number of urea groups is 1. The number of imide groups is 1. The van der Waals surface area contributed by atoms with Crippen LogP contribution in [0.1, 0.15) is 37.8 Å². The maximum atomic E-state index is 13.5. The largest absolute Gasteiger partial charge is 0.497 e. The number of carbonyl (C=O) groups excluding carboxylic acids is 2. The highest BCUT2D eigenvalue weighted by molar-refractivity contribution is 6.07. The summed E-state index contributed by atoms with van der Waals surface area (Å²) in [4.78, 5) is 36.7. The molecule has 2 aliphatic rings. The predicted octanol–water partition coefficient (Wildman–Crippen LogP) is 3.34. The van der Waals surface area contributed by atoms with Gasteiger partial charge < -0.3 is 9.64 Å². The molecule has 1 spiro atoms. The Balaban J connectivity index is 1.49. The van der Waals surface area contributed by atoms with E-state index in [4.69, 9.17) is 4.74 Å². The van der Waals surface area contributed by atoms with E-state index < -0.39 is 5.54 Å². The van der Waals surface area contributed by atoms with E-state index >= 15 is 0 Å². The van der Waals surface area contributed by atoms with Crippen molar-refractivity contribution < 1.29 is 14.3 Å². The SMILES string of the molecule is COc1ccc(CCN2C(=O)N(C(C)C)C(=O)C23CCN(Cc2cccnc2)CC3)cc1. The van der Waals surface area contributed by atoms with E-state index in [9.17, 15) is 9.59 Å². The molecule has 170 valence electrons. The second-order valence-corrected chi connectivity index (χ2v) is 8.97. The van der Waals surface area contributed by atoms with E-state index in [1.807, 2.05) is 55.3 Å². The van der Waals surface area contributed by atoms with Crippen LogP contribution < -0.4 is 4.74 Å². The van der Waals surface area contributed by atoms with Crippen LogP contribution in [-0.4, -0.2) is 69.9 Å². The van der Waals surface area contributed by atoms with Crippen LogP contribution in [0.25, 0.3) is 0 Å². The topological polar surface area (TPSA) is 66.0 Å². The number of nitrogens with zero attached hydrogens (tertiary/aromatic N) is 4. The van der Waals surface area contributed by atoms with Gasteiger partial charge in [-0.15, -0.1) is 0 Å². The lowest BCUT2D eigenvalue weighted by Gasteiger charge is -2.42. The Hall–Kier alpha value is -2.93. The molecule has 1 aromatic carbocycles. The van der Waals surface area contributed by atoms with Gasteiger partial charge in [-0.25, -0.2) is 4.79 Å². The Kier molecular flexibility index (Phi) is 6.46. The van der Waals surface area contributed by atoms with E-state index in [0.29, 0.717) is 25.8 Å². The summed E-state index contributed by atoms with van der Waals surface area (Å²) in [5.41, 5.74) is 1.55. The highest BCUT2D eigenvalue weighted by Gasteiger charge is 2.58. The summed E-state index contributed by atoms with van der Waals surface area (Å²) in [5.74, 6) is 0.776. The van der Waals surface area contributed by atoms with Crippen LogP contribution in [0.2, 0.25) is 0 Å². The number of piperidine rings is 1. The van der Waals surface area contributed by atoms with Crippen molar-refractivity contribution in [2.75, 3.05) is 26.7 Å². The molecule has 2 aliphatic heterocycles. The lowest BCUT2D eigenvalue weighted by atomic mass is 9.85. The molecule has 7 nitrogen and oxygen atoms in total. The molecule has 1 aromatic heterocycles. The molecule has 2 aromatic rings. The molecule has 0 saturated carbocycles. The summed E-state index contributed by atoms with van der Waals surface area (Å²) in [5, 5.41) is 0. The van der Waals surface area contributed by atoms with Crippen molar-refractivity contribution in [3.8, 4) is 5.75 Å². The third-order valence-electron chi connectivity index (χ3n) is 6.68. The first-order valence-electron chi connectivity index (χ1n) is 11.3. The van der Waals surface area contributed by atoms with Crippen molar-refractivity contribution >= 4 is 11.9 Å². The van der Waals surface area contributed by atoms with Gasteiger partial charge in [-0.3, -0.25) is 19.6 Å². The van der Waals surface area contributed by atoms with Crippen molar-refractivity contribution in [2.45, 2.75) is 51.2 Å². The zero-order valence-corrected chi connectivity index (χ0v) is 19.2. The van der Waals surface area contributed by atoms with Crippen LogP contribution in [0.5, 0.6) is 5.75 Å². The zero-order chi connectivity index (χ0) is 22.7. The quantitative estimate of drug-likeness (QED) is 0.623. The number of benzene rings is 1. The number of pyridine rings is 1. The number of amides is 3. The number of methoxy groups -OCH3 is 1. The Morgan fingerprint density at radius 1 is 1.06 bits per heavy atom. The van der Waals surface area contributed by atoms with Crippen molar-refractivity contribution in [2.24, 2.45) is 0 Å². The molecule has 4 rings (SSSR count). The van der Waals surface area contributed by atoms with Crippen LogP contribution in [0.4, 0.5) is 4.79 Å². The number of hydrogen-bond donors (Lipinski definition) is 0. The molecule has 3 amide bonds. The van der Waals surface area contributed by atoms with Gasteiger partial charge in [0, 0.05) is 44.6 Å². The normalized spacial score (nSPS) is 18.8. The minimum atomic E-state index is -0.737. The molecule has 3 heterocycles. The van der Waals surface area contributed by atoms with Gasteiger partial charge in [-0.1, -0.05) is 18.2 Å². The van der Waals surface area contributed by atoms with Crippen LogP contribution in [0, 0.1) is 0 Å². The van der Waals surface area contributed by atoms with Crippen molar-refractivity contribution in [3.05, 3.63) is 59.9 Å². The molecule has 7 heteroatoms. The Morgan fingerprint density at radius 2 is 1.78 bits per heavy atom. The van der Waals surface area contributed by atoms with E-state index in [-0.39, 0.29) is 18.0 Å². The molecule has 32 heavy (non-hydrogen) atoms. The molecular formula is C25H32N4O3. The lowest BCUT2D eigenvalue weighted by molar-refractivity contribution is -0.136. The van der Waals surface area contributed by atoms with Gasteiger partial charge in [0.2, 0.25) is 0 Å². The van der Waals surface area contributed by atoms with Crippen LogP contribution >= 0.6 is 0 Å². The first kappa shape index (κ1) is 22.3. The van der Waals surface area contributed by atoms with E-state index in [1.54, 1.807) is 13.3 Å². The van der Waals surface area contributed by atoms with Gasteiger partial charge in [0.05, 0.1) is 7.11 Å². The molecule has 0 radical (unpaired) electrons. The van der Waals surface area contributed by atoms with Crippen molar-refractivity contribution in [1.82, 2.24) is 19.7 Å². The van der Waals surface area contributed by atoms with Crippen LogP contribution in [0.3, 0.4) is 0 Å².